The number of carbonyl (C=O) groups is 1. The molecule has 8 nitrogen and oxygen atoms in total. The van der Waals surface area contributed by atoms with Gasteiger partial charge in [-0.3, -0.25) is 14.2 Å². The molecule has 3 aromatic rings. The van der Waals surface area contributed by atoms with Crippen LogP contribution in [-0.4, -0.2) is 36.2 Å². The van der Waals surface area contributed by atoms with Gasteiger partial charge < -0.3 is 19.8 Å². The molecule has 152 valence electrons. The zero-order chi connectivity index (χ0) is 20.8. The first-order valence-corrected chi connectivity index (χ1v) is 9.23. The van der Waals surface area contributed by atoms with Gasteiger partial charge in [0.05, 0.1) is 25.1 Å². The van der Waals surface area contributed by atoms with Crippen molar-refractivity contribution in [2.24, 2.45) is 0 Å². The van der Waals surface area contributed by atoms with E-state index in [0.717, 1.165) is 10.1 Å². The summed E-state index contributed by atoms with van der Waals surface area (Å²) < 4.78 is 11.4. The predicted molar refractivity (Wildman–Crippen MR) is 110 cm³/mol. The number of fused-ring (bicyclic) bond motifs is 1. The minimum Gasteiger partial charge on any atom is -0.493 e. The highest BCUT2D eigenvalue weighted by atomic mass is 16.5. The Morgan fingerprint density at radius 2 is 1.76 bits per heavy atom. The van der Waals surface area contributed by atoms with Gasteiger partial charge in [0.2, 0.25) is 5.91 Å². The summed E-state index contributed by atoms with van der Waals surface area (Å²) in [6.07, 6.45) is 0.737. The minimum absolute atomic E-state index is 0.0182. The second kappa shape index (κ2) is 9.09. The van der Waals surface area contributed by atoms with Gasteiger partial charge in [-0.05, 0) is 18.1 Å². The van der Waals surface area contributed by atoms with Crippen LogP contribution in [0.15, 0.2) is 52.1 Å². The fraction of sp³-hybridized carbons (Fsp3) is 0.286. The maximum Gasteiger partial charge on any atom is 0.328 e. The van der Waals surface area contributed by atoms with Gasteiger partial charge in [-0.1, -0.05) is 30.3 Å². The second-order valence-corrected chi connectivity index (χ2v) is 6.48. The van der Waals surface area contributed by atoms with Gasteiger partial charge in [0.15, 0.2) is 11.5 Å². The van der Waals surface area contributed by atoms with Crippen molar-refractivity contribution in [3.63, 3.8) is 0 Å². The van der Waals surface area contributed by atoms with Crippen LogP contribution < -0.4 is 26.0 Å². The van der Waals surface area contributed by atoms with Crippen molar-refractivity contribution in [2.45, 2.75) is 19.4 Å². The molecule has 1 heterocycles. The van der Waals surface area contributed by atoms with Gasteiger partial charge in [-0.15, -0.1) is 0 Å². The summed E-state index contributed by atoms with van der Waals surface area (Å²) in [7, 11) is 2.94. The molecular weight excluding hydrogens is 374 g/mol. The maximum absolute atomic E-state index is 12.7. The molecule has 29 heavy (non-hydrogen) atoms. The smallest absolute Gasteiger partial charge is 0.328 e. The Bertz CT molecular complexity index is 1120. The van der Waals surface area contributed by atoms with Crippen molar-refractivity contribution in [3.8, 4) is 11.5 Å². The van der Waals surface area contributed by atoms with E-state index >= 15 is 0 Å². The predicted octanol–water partition coefficient (Wildman–Crippen LogP) is 1.46. The van der Waals surface area contributed by atoms with Crippen LogP contribution >= 0.6 is 0 Å². The van der Waals surface area contributed by atoms with Gasteiger partial charge >= 0.3 is 5.69 Å². The van der Waals surface area contributed by atoms with E-state index in [-0.39, 0.29) is 24.3 Å². The molecule has 0 spiro atoms. The Balaban J connectivity index is 1.70. The summed E-state index contributed by atoms with van der Waals surface area (Å²) >= 11 is 0. The largest absolute Gasteiger partial charge is 0.493 e. The Labute approximate surface area is 167 Å². The average Bonchev–Trinajstić information content (AvgIpc) is 2.73. The van der Waals surface area contributed by atoms with Gasteiger partial charge in [-0.25, -0.2) is 4.79 Å². The van der Waals surface area contributed by atoms with Gasteiger partial charge in [0, 0.05) is 25.6 Å². The molecule has 0 saturated heterocycles. The highest BCUT2D eigenvalue weighted by Gasteiger charge is 2.13. The van der Waals surface area contributed by atoms with Crippen LogP contribution in [0.1, 0.15) is 12.0 Å². The summed E-state index contributed by atoms with van der Waals surface area (Å²) in [6.45, 7) is 0.471. The Kier molecular flexibility index (Phi) is 6.33. The van der Waals surface area contributed by atoms with E-state index in [9.17, 15) is 14.4 Å². The van der Waals surface area contributed by atoms with Crippen LogP contribution in [0.3, 0.4) is 0 Å². The number of aromatic amines is 1. The highest BCUT2D eigenvalue weighted by molar-refractivity contribution is 5.81. The lowest BCUT2D eigenvalue weighted by atomic mass is 10.1. The molecule has 0 fully saturated rings. The van der Waals surface area contributed by atoms with Gasteiger partial charge in [0.25, 0.3) is 5.56 Å². The molecule has 2 aromatic carbocycles. The van der Waals surface area contributed by atoms with Crippen molar-refractivity contribution in [1.29, 1.82) is 0 Å². The molecule has 2 N–H and O–H groups in total. The van der Waals surface area contributed by atoms with E-state index in [1.54, 1.807) is 0 Å². The standard InChI is InChI=1S/C21H23N3O5/c1-28-17-12-15-16(13-18(17)29-2)23-21(27)24(20(15)26)11-9-19(25)22-10-8-14-6-4-3-5-7-14/h3-7,12-13H,8-11H2,1-2H3,(H,22,25)(H,23,27). The van der Waals surface area contributed by atoms with Crippen molar-refractivity contribution < 1.29 is 14.3 Å². The maximum atomic E-state index is 12.7. The normalized spacial score (nSPS) is 10.7. The first kappa shape index (κ1) is 20.2. The fourth-order valence-corrected chi connectivity index (χ4v) is 3.08. The third-order valence-corrected chi connectivity index (χ3v) is 4.63. The number of hydrogen-bond donors (Lipinski definition) is 2. The minimum atomic E-state index is -0.577. The van der Waals surface area contributed by atoms with E-state index in [1.165, 1.54) is 26.4 Å². The molecular formula is C21H23N3O5. The summed E-state index contributed by atoms with van der Waals surface area (Å²) in [5.74, 6) is 0.569. The quantitative estimate of drug-likeness (QED) is 0.599. The third kappa shape index (κ3) is 4.66. The van der Waals surface area contributed by atoms with Crippen molar-refractivity contribution in [1.82, 2.24) is 14.9 Å². The van der Waals surface area contributed by atoms with Crippen LogP contribution in [0.4, 0.5) is 0 Å². The Hall–Kier alpha value is -3.55. The van der Waals surface area contributed by atoms with Crippen LogP contribution in [0.25, 0.3) is 10.9 Å². The van der Waals surface area contributed by atoms with E-state index in [4.69, 9.17) is 9.47 Å². The summed E-state index contributed by atoms with van der Waals surface area (Å²) in [6, 6.07) is 12.9. The number of H-pyrrole nitrogens is 1. The lowest BCUT2D eigenvalue weighted by Crippen LogP contribution is -2.37. The first-order valence-electron chi connectivity index (χ1n) is 9.23. The number of nitrogens with zero attached hydrogens (tertiary/aromatic N) is 1. The highest BCUT2D eigenvalue weighted by Crippen LogP contribution is 2.29. The average molecular weight is 397 g/mol. The SMILES string of the molecule is COc1cc2[nH]c(=O)n(CCC(=O)NCCc3ccccc3)c(=O)c2cc1OC. The Morgan fingerprint density at radius 3 is 2.45 bits per heavy atom. The molecule has 3 rings (SSSR count). The van der Waals surface area contributed by atoms with E-state index in [1.807, 2.05) is 30.3 Å². The van der Waals surface area contributed by atoms with Crippen LogP contribution in [-0.2, 0) is 17.8 Å². The van der Waals surface area contributed by atoms with Crippen molar-refractivity contribution in [2.75, 3.05) is 20.8 Å². The number of carbonyl (C=O) groups excluding carboxylic acids is 1. The van der Waals surface area contributed by atoms with Crippen molar-refractivity contribution >= 4 is 16.8 Å². The molecule has 0 bridgehead atoms. The van der Waals surface area contributed by atoms with E-state index in [0.29, 0.717) is 30.0 Å². The van der Waals surface area contributed by atoms with E-state index < -0.39 is 11.2 Å². The topological polar surface area (TPSA) is 102 Å². The lowest BCUT2D eigenvalue weighted by molar-refractivity contribution is -0.121. The number of nitrogens with one attached hydrogen (secondary N) is 2. The monoisotopic (exact) mass is 397 g/mol. The second-order valence-electron chi connectivity index (χ2n) is 6.48. The molecule has 0 saturated carbocycles. The molecule has 1 amide bonds. The molecule has 0 unspecified atom stereocenters. The first-order chi connectivity index (χ1) is 14.0. The van der Waals surface area contributed by atoms with Crippen LogP contribution in [0.5, 0.6) is 11.5 Å². The molecule has 0 aliphatic rings. The Morgan fingerprint density at radius 1 is 1.07 bits per heavy atom. The molecule has 0 aliphatic heterocycles. The van der Waals surface area contributed by atoms with Gasteiger partial charge in [-0.2, -0.15) is 0 Å². The van der Waals surface area contributed by atoms with Gasteiger partial charge in [0.1, 0.15) is 0 Å². The summed E-state index contributed by atoms with van der Waals surface area (Å²) in [5.41, 5.74) is 0.411. The number of amides is 1. The number of aromatic nitrogens is 2. The van der Waals surface area contributed by atoms with Crippen molar-refractivity contribution in [3.05, 3.63) is 68.9 Å². The number of ether oxygens (including phenoxy) is 2. The number of rotatable bonds is 8. The fourth-order valence-electron chi connectivity index (χ4n) is 3.08. The lowest BCUT2D eigenvalue weighted by Gasteiger charge is -2.11. The summed E-state index contributed by atoms with van der Waals surface area (Å²) in [4.78, 5) is 39.8. The zero-order valence-corrected chi connectivity index (χ0v) is 16.4. The van der Waals surface area contributed by atoms with Crippen LogP contribution in [0, 0.1) is 0 Å². The zero-order valence-electron chi connectivity index (χ0n) is 16.4. The number of benzene rings is 2. The van der Waals surface area contributed by atoms with Crippen LogP contribution in [0.2, 0.25) is 0 Å². The summed E-state index contributed by atoms with van der Waals surface area (Å²) in [5, 5.41) is 3.09. The van der Waals surface area contributed by atoms with E-state index in [2.05, 4.69) is 10.3 Å². The molecule has 8 heteroatoms. The third-order valence-electron chi connectivity index (χ3n) is 4.63. The molecule has 1 aromatic heterocycles. The molecule has 0 radical (unpaired) electrons. The molecule has 0 aliphatic carbocycles. The molecule has 0 atom stereocenters. The number of methoxy groups -OCH3 is 2. The number of hydrogen-bond acceptors (Lipinski definition) is 5.